The van der Waals surface area contributed by atoms with Crippen molar-refractivity contribution in [3.8, 4) is 5.75 Å². The van der Waals surface area contributed by atoms with Gasteiger partial charge in [0, 0.05) is 32.3 Å². The fourth-order valence-electron chi connectivity index (χ4n) is 3.73. The van der Waals surface area contributed by atoms with E-state index in [2.05, 4.69) is 5.32 Å². The number of benzene rings is 2. The van der Waals surface area contributed by atoms with Gasteiger partial charge in [-0.1, -0.05) is 29.8 Å². The summed E-state index contributed by atoms with van der Waals surface area (Å²) >= 11 is 6.41. The lowest BCUT2D eigenvalue weighted by Gasteiger charge is -2.23. The minimum Gasteiger partial charge on any atom is -0.490 e. The summed E-state index contributed by atoms with van der Waals surface area (Å²) in [7, 11) is 0. The van der Waals surface area contributed by atoms with Crippen molar-refractivity contribution in [2.75, 3.05) is 51.0 Å². The number of rotatable bonds is 11. The van der Waals surface area contributed by atoms with Crippen molar-refractivity contribution in [2.24, 2.45) is 0 Å². The second-order valence-electron chi connectivity index (χ2n) is 8.15. The van der Waals surface area contributed by atoms with Gasteiger partial charge in [0.1, 0.15) is 25.5 Å². The van der Waals surface area contributed by atoms with Crippen LogP contribution in [-0.4, -0.2) is 74.7 Å². The topological polar surface area (TPSA) is 114 Å². The lowest BCUT2D eigenvalue weighted by atomic mass is 10.1. The van der Waals surface area contributed by atoms with E-state index in [4.69, 9.17) is 25.8 Å². The molecule has 0 spiro atoms. The third-order valence-corrected chi connectivity index (χ3v) is 5.78. The van der Waals surface area contributed by atoms with Gasteiger partial charge in [-0.05, 0) is 36.8 Å². The quantitative estimate of drug-likeness (QED) is 0.350. The number of hydrogen-bond acceptors (Lipinski definition) is 7. The number of nitrogens with one attached hydrogen (secondary N) is 1. The van der Waals surface area contributed by atoms with Gasteiger partial charge in [-0.2, -0.15) is 0 Å². The molecule has 0 unspecified atom stereocenters. The first-order valence-electron chi connectivity index (χ1n) is 11.9. The van der Waals surface area contributed by atoms with Crippen molar-refractivity contribution in [3.05, 3.63) is 58.6 Å². The Kier molecular flexibility index (Phi) is 10.3. The first-order valence-corrected chi connectivity index (χ1v) is 12.3. The zero-order valence-corrected chi connectivity index (χ0v) is 21.6. The summed E-state index contributed by atoms with van der Waals surface area (Å²) in [5, 5.41) is 2.88. The number of carbonyl (C=O) groups is 4. The van der Waals surface area contributed by atoms with Gasteiger partial charge in [-0.15, -0.1) is 0 Å². The molecule has 0 aromatic heterocycles. The lowest BCUT2D eigenvalue weighted by Crippen LogP contribution is -2.44. The average Bonchev–Trinajstić information content (AvgIpc) is 3.00. The Morgan fingerprint density at radius 2 is 1.84 bits per heavy atom. The SMILES string of the molecule is CCOCCNC(=O)CN1Cc2ccccc2N(C(=O)c2ccc(OCCOC(C)=O)cc2Cl)CC1=O. The van der Waals surface area contributed by atoms with Crippen molar-refractivity contribution >= 4 is 41.0 Å². The molecule has 3 rings (SSSR count). The molecule has 0 radical (unpaired) electrons. The predicted octanol–water partition coefficient (Wildman–Crippen LogP) is 2.42. The fraction of sp³-hybridized carbons (Fsp3) is 0.385. The van der Waals surface area contributed by atoms with Crippen molar-refractivity contribution < 1.29 is 33.4 Å². The third-order valence-electron chi connectivity index (χ3n) is 5.47. The van der Waals surface area contributed by atoms with E-state index < -0.39 is 11.9 Å². The molecule has 3 amide bonds. The highest BCUT2D eigenvalue weighted by atomic mass is 35.5. The van der Waals surface area contributed by atoms with Crippen molar-refractivity contribution in [1.29, 1.82) is 0 Å². The molecule has 0 saturated carbocycles. The molecule has 198 valence electrons. The summed E-state index contributed by atoms with van der Waals surface area (Å²) < 4.78 is 15.6. The van der Waals surface area contributed by atoms with E-state index in [0.717, 1.165) is 5.56 Å². The summed E-state index contributed by atoms with van der Waals surface area (Å²) in [5.74, 6) is -1.14. The van der Waals surface area contributed by atoms with E-state index in [0.29, 0.717) is 31.2 Å². The number of fused-ring (bicyclic) bond motifs is 1. The van der Waals surface area contributed by atoms with Crippen LogP contribution in [0.25, 0.3) is 0 Å². The highest BCUT2D eigenvalue weighted by Crippen LogP contribution is 2.30. The lowest BCUT2D eigenvalue weighted by molar-refractivity contribution is -0.141. The minimum atomic E-state index is -0.458. The average molecular weight is 532 g/mol. The third kappa shape index (κ3) is 7.93. The smallest absolute Gasteiger partial charge is 0.302 e. The van der Waals surface area contributed by atoms with E-state index in [1.165, 1.54) is 28.9 Å². The Morgan fingerprint density at radius 3 is 2.57 bits per heavy atom. The Balaban J connectivity index is 1.73. The number of esters is 1. The van der Waals surface area contributed by atoms with Crippen molar-refractivity contribution in [2.45, 2.75) is 20.4 Å². The molecule has 2 aromatic rings. The van der Waals surface area contributed by atoms with Crippen LogP contribution in [0.3, 0.4) is 0 Å². The maximum absolute atomic E-state index is 13.5. The van der Waals surface area contributed by atoms with Crippen LogP contribution in [0.5, 0.6) is 5.75 Å². The number of ether oxygens (including phenoxy) is 3. The molecule has 0 aliphatic carbocycles. The molecule has 37 heavy (non-hydrogen) atoms. The van der Waals surface area contributed by atoms with Gasteiger partial charge in [0.15, 0.2) is 0 Å². The molecule has 2 aromatic carbocycles. The van der Waals surface area contributed by atoms with Crippen LogP contribution < -0.4 is 15.0 Å². The van der Waals surface area contributed by atoms with Gasteiger partial charge in [-0.3, -0.25) is 24.1 Å². The molecule has 11 heteroatoms. The van der Waals surface area contributed by atoms with Gasteiger partial charge in [0.2, 0.25) is 11.8 Å². The normalized spacial score (nSPS) is 13.0. The summed E-state index contributed by atoms with van der Waals surface area (Å²) in [6, 6.07) is 11.8. The fourth-order valence-corrected chi connectivity index (χ4v) is 3.98. The van der Waals surface area contributed by atoms with Crippen LogP contribution >= 0.6 is 11.6 Å². The predicted molar refractivity (Wildman–Crippen MR) is 137 cm³/mol. The molecule has 1 aliphatic rings. The molecule has 10 nitrogen and oxygen atoms in total. The van der Waals surface area contributed by atoms with Crippen LogP contribution in [-0.2, 0) is 30.4 Å². The van der Waals surface area contributed by atoms with Crippen LogP contribution in [0, 0.1) is 0 Å². The van der Waals surface area contributed by atoms with Crippen molar-refractivity contribution in [3.63, 3.8) is 0 Å². The number of nitrogens with zero attached hydrogens (tertiary/aromatic N) is 2. The first-order chi connectivity index (χ1) is 17.8. The maximum atomic E-state index is 13.5. The molecule has 1 aliphatic heterocycles. The van der Waals surface area contributed by atoms with E-state index in [-0.39, 0.29) is 55.2 Å². The highest BCUT2D eigenvalue weighted by Gasteiger charge is 2.31. The molecule has 0 atom stereocenters. The monoisotopic (exact) mass is 531 g/mol. The molecule has 1 heterocycles. The van der Waals surface area contributed by atoms with Gasteiger partial charge < -0.3 is 24.4 Å². The summed E-state index contributed by atoms with van der Waals surface area (Å²) in [6.45, 7) is 4.47. The molecule has 0 saturated heterocycles. The highest BCUT2D eigenvalue weighted by molar-refractivity contribution is 6.34. The van der Waals surface area contributed by atoms with Crippen LogP contribution in [0.2, 0.25) is 5.02 Å². The standard InChI is InChI=1S/C26H30ClN3O7/c1-3-35-11-10-28-24(32)16-29-15-19-6-4-5-7-23(19)30(17-25(29)33)26(34)21-9-8-20(14-22(21)27)37-13-12-36-18(2)31/h4-9,14H,3,10-13,15-17H2,1-2H3,(H,28,32). The number of anilines is 1. The number of amides is 3. The molecular weight excluding hydrogens is 502 g/mol. The van der Waals surface area contributed by atoms with Crippen LogP contribution in [0.1, 0.15) is 29.8 Å². The van der Waals surface area contributed by atoms with E-state index in [1.807, 2.05) is 19.1 Å². The Labute approximate surface area is 220 Å². The second kappa shape index (κ2) is 13.6. The zero-order valence-electron chi connectivity index (χ0n) is 20.8. The number of halogens is 1. The van der Waals surface area contributed by atoms with Crippen LogP contribution in [0.15, 0.2) is 42.5 Å². The van der Waals surface area contributed by atoms with Gasteiger partial charge >= 0.3 is 5.97 Å². The van der Waals surface area contributed by atoms with Gasteiger partial charge in [-0.25, -0.2) is 0 Å². The summed E-state index contributed by atoms with van der Waals surface area (Å²) in [6.07, 6.45) is 0. The molecule has 1 N–H and O–H groups in total. The number of para-hydroxylation sites is 1. The van der Waals surface area contributed by atoms with Gasteiger partial charge in [0.25, 0.3) is 5.91 Å². The van der Waals surface area contributed by atoms with E-state index >= 15 is 0 Å². The molecule has 0 fully saturated rings. The van der Waals surface area contributed by atoms with Gasteiger partial charge in [0.05, 0.1) is 23.7 Å². The minimum absolute atomic E-state index is 0.0847. The first kappa shape index (κ1) is 27.9. The molecule has 0 bridgehead atoms. The number of carbonyl (C=O) groups excluding carboxylic acids is 4. The maximum Gasteiger partial charge on any atom is 0.302 e. The molecular formula is C26H30ClN3O7. The summed E-state index contributed by atoms with van der Waals surface area (Å²) in [4.78, 5) is 52.7. The largest absolute Gasteiger partial charge is 0.490 e. The summed E-state index contributed by atoms with van der Waals surface area (Å²) in [5.41, 5.74) is 1.49. The van der Waals surface area contributed by atoms with Crippen molar-refractivity contribution in [1.82, 2.24) is 10.2 Å². The Morgan fingerprint density at radius 1 is 1.05 bits per heavy atom. The zero-order chi connectivity index (χ0) is 26.8. The van der Waals surface area contributed by atoms with E-state index in [9.17, 15) is 19.2 Å². The number of hydrogen-bond donors (Lipinski definition) is 1. The van der Waals surface area contributed by atoms with E-state index in [1.54, 1.807) is 18.2 Å². The second-order valence-corrected chi connectivity index (χ2v) is 8.55. The Hall–Kier alpha value is -3.63. The van der Waals surface area contributed by atoms with Crippen LogP contribution in [0.4, 0.5) is 5.69 Å². The Bertz CT molecular complexity index is 1140.